The Morgan fingerprint density at radius 1 is 0.792 bits per heavy atom. The maximum atomic E-state index is 11.4. The van der Waals surface area contributed by atoms with Gasteiger partial charge in [0.05, 0.1) is 0 Å². The van der Waals surface area contributed by atoms with Crippen LogP contribution < -0.4 is 5.32 Å². The van der Waals surface area contributed by atoms with Crippen molar-refractivity contribution in [1.82, 2.24) is 5.32 Å². The van der Waals surface area contributed by atoms with Crippen LogP contribution in [0.15, 0.2) is 0 Å². The highest BCUT2D eigenvalue weighted by Gasteiger charge is 2.09. The number of nitrogens with one attached hydrogen (secondary N) is 1. The molecule has 0 aromatic carbocycles. The van der Waals surface area contributed by atoms with Crippen molar-refractivity contribution in [3.05, 3.63) is 0 Å². The molecule has 0 unspecified atom stereocenters. The molecule has 0 bridgehead atoms. The summed E-state index contributed by atoms with van der Waals surface area (Å²) >= 11 is 0. The van der Waals surface area contributed by atoms with Gasteiger partial charge in [-0.15, -0.1) is 0 Å². The van der Waals surface area contributed by atoms with Gasteiger partial charge in [-0.2, -0.15) is 0 Å². The molecule has 0 aromatic heterocycles. The standard InChI is InChI=1S/C21H43NO2/c1-4-6-8-11-15-20(16-12-9-7-5-2)17-13-10-14-18-21(23)24-19-22-3/h20,22H,4-19H2,1-3H3. The zero-order valence-electron chi connectivity index (χ0n) is 16.7. The van der Waals surface area contributed by atoms with E-state index >= 15 is 0 Å². The Bertz CT molecular complexity index is 257. The molecule has 0 radical (unpaired) electrons. The summed E-state index contributed by atoms with van der Waals surface area (Å²) in [7, 11) is 1.79. The molecular weight excluding hydrogens is 298 g/mol. The third kappa shape index (κ3) is 16.3. The summed E-state index contributed by atoms with van der Waals surface area (Å²) in [6, 6.07) is 0. The zero-order chi connectivity index (χ0) is 17.9. The largest absolute Gasteiger partial charge is 0.450 e. The van der Waals surface area contributed by atoms with Gasteiger partial charge in [-0.3, -0.25) is 10.1 Å². The molecule has 0 amide bonds. The van der Waals surface area contributed by atoms with E-state index in [1.165, 1.54) is 77.0 Å². The van der Waals surface area contributed by atoms with Gasteiger partial charge in [0, 0.05) is 6.42 Å². The number of unbranched alkanes of at least 4 members (excludes halogenated alkanes) is 8. The highest BCUT2D eigenvalue weighted by molar-refractivity contribution is 5.69. The average molecular weight is 342 g/mol. The number of carbonyl (C=O) groups is 1. The third-order valence-electron chi connectivity index (χ3n) is 4.80. The van der Waals surface area contributed by atoms with E-state index in [1.54, 1.807) is 7.05 Å². The van der Waals surface area contributed by atoms with Crippen LogP contribution in [-0.4, -0.2) is 19.7 Å². The lowest BCUT2D eigenvalue weighted by Gasteiger charge is -2.17. The smallest absolute Gasteiger partial charge is 0.307 e. The van der Waals surface area contributed by atoms with Crippen molar-refractivity contribution >= 4 is 5.97 Å². The number of hydrogen-bond donors (Lipinski definition) is 1. The minimum absolute atomic E-state index is 0.0694. The first-order valence-electron chi connectivity index (χ1n) is 10.5. The molecule has 24 heavy (non-hydrogen) atoms. The molecule has 0 saturated carbocycles. The van der Waals surface area contributed by atoms with Crippen LogP contribution in [0, 0.1) is 5.92 Å². The van der Waals surface area contributed by atoms with Gasteiger partial charge in [0.1, 0.15) is 6.73 Å². The summed E-state index contributed by atoms with van der Waals surface area (Å²) in [6.07, 6.45) is 19.2. The quantitative estimate of drug-likeness (QED) is 0.183. The first-order chi connectivity index (χ1) is 11.7. The monoisotopic (exact) mass is 341 g/mol. The van der Waals surface area contributed by atoms with Crippen LogP contribution in [0.25, 0.3) is 0 Å². The lowest BCUT2D eigenvalue weighted by molar-refractivity contribution is -0.144. The maximum Gasteiger partial charge on any atom is 0.307 e. The first kappa shape index (κ1) is 23.4. The van der Waals surface area contributed by atoms with Gasteiger partial charge >= 0.3 is 5.97 Å². The van der Waals surface area contributed by atoms with Crippen LogP contribution in [0.2, 0.25) is 0 Å². The summed E-state index contributed by atoms with van der Waals surface area (Å²) in [5.41, 5.74) is 0. The van der Waals surface area contributed by atoms with E-state index in [0.717, 1.165) is 18.8 Å². The van der Waals surface area contributed by atoms with Crippen molar-refractivity contribution in [1.29, 1.82) is 0 Å². The van der Waals surface area contributed by atoms with Gasteiger partial charge in [0.15, 0.2) is 0 Å². The Labute approximate surface area is 151 Å². The molecule has 3 nitrogen and oxygen atoms in total. The molecule has 0 aliphatic carbocycles. The molecule has 0 spiro atoms. The predicted molar refractivity (Wildman–Crippen MR) is 104 cm³/mol. The summed E-state index contributed by atoms with van der Waals surface area (Å²) in [5.74, 6) is 0.843. The lowest BCUT2D eigenvalue weighted by atomic mass is 9.89. The molecule has 0 aromatic rings. The summed E-state index contributed by atoms with van der Waals surface area (Å²) in [5, 5.41) is 2.83. The minimum Gasteiger partial charge on any atom is -0.450 e. The van der Waals surface area contributed by atoms with E-state index in [4.69, 9.17) is 4.74 Å². The van der Waals surface area contributed by atoms with Gasteiger partial charge in [-0.1, -0.05) is 97.3 Å². The molecule has 0 aliphatic rings. The van der Waals surface area contributed by atoms with E-state index in [1.807, 2.05) is 0 Å². The molecule has 0 rings (SSSR count). The summed E-state index contributed by atoms with van der Waals surface area (Å²) in [6.45, 7) is 4.89. The van der Waals surface area contributed by atoms with Gasteiger partial charge < -0.3 is 4.74 Å². The SMILES string of the molecule is CCCCCCC(CCCCCC)CCCCCC(=O)OCNC. The molecule has 0 aliphatic heterocycles. The molecule has 0 atom stereocenters. The minimum atomic E-state index is -0.0694. The van der Waals surface area contributed by atoms with Crippen molar-refractivity contribution in [3.63, 3.8) is 0 Å². The molecule has 0 heterocycles. The van der Waals surface area contributed by atoms with E-state index in [9.17, 15) is 4.79 Å². The van der Waals surface area contributed by atoms with Crippen molar-refractivity contribution in [2.24, 2.45) is 5.92 Å². The van der Waals surface area contributed by atoms with E-state index in [-0.39, 0.29) is 5.97 Å². The Hall–Kier alpha value is -0.570. The number of carbonyl (C=O) groups excluding carboxylic acids is 1. The number of rotatable bonds is 18. The van der Waals surface area contributed by atoms with Crippen LogP contribution in [0.3, 0.4) is 0 Å². The highest BCUT2D eigenvalue weighted by atomic mass is 16.5. The molecule has 0 fully saturated rings. The second-order valence-electron chi connectivity index (χ2n) is 7.18. The Morgan fingerprint density at radius 3 is 1.75 bits per heavy atom. The fourth-order valence-electron chi connectivity index (χ4n) is 3.26. The second kappa shape index (κ2) is 18.8. The van der Waals surface area contributed by atoms with Crippen LogP contribution >= 0.6 is 0 Å². The van der Waals surface area contributed by atoms with Crippen LogP contribution in [0.5, 0.6) is 0 Å². The van der Waals surface area contributed by atoms with E-state index in [0.29, 0.717) is 13.2 Å². The molecule has 144 valence electrons. The number of esters is 1. The first-order valence-corrected chi connectivity index (χ1v) is 10.5. The number of hydrogen-bond acceptors (Lipinski definition) is 3. The predicted octanol–water partition coefficient (Wildman–Crippen LogP) is 6.21. The third-order valence-corrected chi connectivity index (χ3v) is 4.80. The maximum absolute atomic E-state index is 11.4. The van der Waals surface area contributed by atoms with Crippen molar-refractivity contribution in [3.8, 4) is 0 Å². The second-order valence-corrected chi connectivity index (χ2v) is 7.18. The molecular formula is C21H43NO2. The van der Waals surface area contributed by atoms with Crippen LogP contribution in [0.4, 0.5) is 0 Å². The van der Waals surface area contributed by atoms with Crippen molar-refractivity contribution < 1.29 is 9.53 Å². The van der Waals surface area contributed by atoms with E-state index in [2.05, 4.69) is 19.2 Å². The fourth-order valence-corrected chi connectivity index (χ4v) is 3.26. The summed E-state index contributed by atoms with van der Waals surface area (Å²) < 4.78 is 5.02. The molecule has 3 heteroatoms. The average Bonchev–Trinajstić information content (AvgIpc) is 2.59. The Balaban J connectivity index is 3.78. The van der Waals surface area contributed by atoms with Crippen molar-refractivity contribution in [2.45, 2.75) is 110 Å². The van der Waals surface area contributed by atoms with Gasteiger partial charge in [0.25, 0.3) is 0 Å². The van der Waals surface area contributed by atoms with Crippen molar-refractivity contribution in [2.75, 3.05) is 13.8 Å². The topological polar surface area (TPSA) is 38.3 Å². The number of ether oxygens (including phenoxy) is 1. The highest BCUT2D eigenvalue weighted by Crippen LogP contribution is 2.24. The molecule has 0 saturated heterocycles. The fraction of sp³-hybridized carbons (Fsp3) is 0.952. The van der Waals surface area contributed by atoms with Gasteiger partial charge in [-0.25, -0.2) is 0 Å². The summed E-state index contributed by atoms with van der Waals surface area (Å²) in [4.78, 5) is 11.4. The van der Waals surface area contributed by atoms with E-state index < -0.39 is 0 Å². The zero-order valence-corrected chi connectivity index (χ0v) is 16.7. The van der Waals surface area contributed by atoms with Crippen LogP contribution in [0.1, 0.15) is 110 Å². The Morgan fingerprint density at radius 2 is 1.29 bits per heavy atom. The van der Waals surface area contributed by atoms with Gasteiger partial charge in [0.2, 0.25) is 0 Å². The normalized spacial score (nSPS) is 11.2. The Kier molecular flexibility index (Phi) is 18.3. The molecule has 1 N–H and O–H groups in total. The lowest BCUT2D eigenvalue weighted by Crippen LogP contribution is -2.16. The van der Waals surface area contributed by atoms with Gasteiger partial charge in [-0.05, 0) is 19.4 Å². The van der Waals surface area contributed by atoms with Crippen LogP contribution in [-0.2, 0) is 9.53 Å².